The number of aromatic hydroxyl groups is 1. The lowest BCUT2D eigenvalue weighted by Crippen LogP contribution is -2.48. The van der Waals surface area contributed by atoms with Crippen LogP contribution in [0.3, 0.4) is 0 Å². The average Bonchev–Trinajstić information content (AvgIpc) is 3.26. The van der Waals surface area contributed by atoms with Gasteiger partial charge in [-0.15, -0.1) is 0 Å². The number of imide groups is 1. The molecule has 0 fully saturated rings. The van der Waals surface area contributed by atoms with Crippen molar-refractivity contribution in [2.45, 2.75) is 12.5 Å². The number of rotatable bonds is 7. The minimum Gasteiger partial charge on any atom is -0.507 e. The zero-order valence-electron chi connectivity index (χ0n) is 21.9. The summed E-state index contributed by atoms with van der Waals surface area (Å²) in [6.45, 7) is 0. The Balaban J connectivity index is 1.33. The molecule has 2 N–H and O–H groups in total. The Morgan fingerprint density at radius 3 is 2.17 bits per heavy atom. The van der Waals surface area contributed by atoms with E-state index in [-0.39, 0.29) is 23.3 Å². The second-order valence-corrected chi connectivity index (χ2v) is 9.72. The van der Waals surface area contributed by atoms with Crippen molar-refractivity contribution in [3.8, 4) is 5.75 Å². The van der Waals surface area contributed by atoms with Crippen LogP contribution in [0, 0.1) is 0 Å². The zero-order chi connectivity index (χ0) is 28.3. The summed E-state index contributed by atoms with van der Waals surface area (Å²) >= 11 is 0. The summed E-state index contributed by atoms with van der Waals surface area (Å²) in [6.07, 6.45) is 1.71. The number of anilines is 1. The maximum atomic E-state index is 13.9. The Kier molecular flexibility index (Phi) is 6.83. The highest BCUT2D eigenvalue weighted by Crippen LogP contribution is 2.30. The quantitative estimate of drug-likeness (QED) is 0.192. The molecule has 0 bridgehead atoms. The van der Waals surface area contributed by atoms with Crippen molar-refractivity contribution in [3.05, 3.63) is 138 Å². The minimum absolute atomic E-state index is 0.0857. The number of carbonyl (C=O) groups excluding carboxylic acids is 3. The van der Waals surface area contributed by atoms with Gasteiger partial charge in [0.15, 0.2) is 0 Å². The largest absolute Gasteiger partial charge is 0.507 e. The fraction of sp³-hybridized carbons (Fsp3) is 0.0588. The van der Waals surface area contributed by atoms with E-state index in [1.807, 2.05) is 60.7 Å². The third-order valence-corrected chi connectivity index (χ3v) is 7.15. The maximum Gasteiger partial charge on any atom is 0.262 e. The highest BCUT2D eigenvalue weighted by molar-refractivity contribution is 6.23. The van der Waals surface area contributed by atoms with Gasteiger partial charge >= 0.3 is 0 Å². The molecule has 5 aromatic carbocycles. The van der Waals surface area contributed by atoms with E-state index in [2.05, 4.69) is 10.3 Å². The summed E-state index contributed by atoms with van der Waals surface area (Å²) in [7, 11) is 0. The molecule has 7 heteroatoms. The number of para-hydroxylation sites is 2. The fourth-order valence-electron chi connectivity index (χ4n) is 5.09. The van der Waals surface area contributed by atoms with Crippen LogP contribution < -0.4 is 5.32 Å². The van der Waals surface area contributed by atoms with E-state index < -0.39 is 23.8 Å². The summed E-state index contributed by atoms with van der Waals surface area (Å²) in [6, 6.07) is 32.9. The molecule has 0 radical (unpaired) electrons. The lowest BCUT2D eigenvalue weighted by molar-refractivity contribution is -0.119. The molecule has 0 saturated heterocycles. The van der Waals surface area contributed by atoms with Crippen molar-refractivity contribution in [1.82, 2.24) is 4.90 Å². The lowest BCUT2D eigenvalue weighted by Gasteiger charge is -2.26. The van der Waals surface area contributed by atoms with Gasteiger partial charge in [0.1, 0.15) is 11.8 Å². The highest BCUT2D eigenvalue weighted by atomic mass is 16.3. The summed E-state index contributed by atoms with van der Waals surface area (Å²) in [5, 5.41) is 15.2. The van der Waals surface area contributed by atoms with Crippen molar-refractivity contribution in [2.75, 3.05) is 5.32 Å². The molecule has 1 heterocycles. The molecule has 41 heavy (non-hydrogen) atoms. The number of nitrogens with one attached hydrogen (secondary N) is 1. The number of carbonyl (C=O) groups is 3. The standard InChI is InChI=1S/C34H25N3O4/c38-31-19-18-23-12-4-5-13-24(23)27(31)21-35-28-16-8-9-17-29(28)36-32(39)30(20-22-10-2-1-3-11-22)37-33(40)25-14-6-7-15-26(25)34(37)41/h1-19,21,30,38H,20H2,(H,36,39)/t30-/m1/s1. The minimum atomic E-state index is -1.09. The third-order valence-electron chi connectivity index (χ3n) is 7.15. The van der Waals surface area contributed by atoms with Gasteiger partial charge in [-0.2, -0.15) is 0 Å². The first kappa shape index (κ1) is 25.7. The number of nitrogens with zero attached hydrogens (tertiary/aromatic N) is 2. The van der Waals surface area contributed by atoms with E-state index in [1.165, 1.54) is 0 Å². The van der Waals surface area contributed by atoms with E-state index >= 15 is 0 Å². The number of hydrogen-bond acceptors (Lipinski definition) is 5. The second kappa shape index (κ2) is 10.9. The number of amides is 3. The molecule has 0 aliphatic carbocycles. The molecule has 1 aliphatic heterocycles. The van der Waals surface area contributed by atoms with E-state index in [9.17, 15) is 19.5 Å². The van der Waals surface area contributed by atoms with Crippen LogP contribution in [0.1, 0.15) is 31.8 Å². The molecule has 0 unspecified atom stereocenters. The van der Waals surface area contributed by atoms with Gasteiger partial charge in [0.05, 0.1) is 22.5 Å². The summed E-state index contributed by atoms with van der Waals surface area (Å²) in [5.41, 5.74) is 2.78. The molecule has 0 aromatic heterocycles. The van der Waals surface area contributed by atoms with E-state index in [0.717, 1.165) is 21.2 Å². The molecule has 3 amide bonds. The van der Waals surface area contributed by atoms with Gasteiger partial charge in [-0.05, 0) is 46.7 Å². The Morgan fingerprint density at radius 1 is 0.780 bits per heavy atom. The van der Waals surface area contributed by atoms with Crippen LogP contribution in [0.15, 0.2) is 120 Å². The first-order valence-electron chi connectivity index (χ1n) is 13.2. The maximum absolute atomic E-state index is 13.9. The van der Waals surface area contributed by atoms with Crippen molar-refractivity contribution in [3.63, 3.8) is 0 Å². The Bertz CT molecular complexity index is 1800. The molecule has 6 rings (SSSR count). The van der Waals surface area contributed by atoms with Gasteiger partial charge in [-0.1, -0.05) is 84.9 Å². The van der Waals surface area contributed by atoms with Crippen LogP contribution in [-0.4, -0.2) is 40.0 Å². The topological polar surface area (TPSA) is 99.1 Å². The zero-order valence-corrected chi connectivity index (χ0v) is 21.9. The van der Waals surface area contributed by atoms with Gasteiger partial charge in [0.2, 0.25) is 5.91 Å². The van der Waals surface area contributed by atoms with Crippen LogP contribution in [0.2, 0.25) is 0 Å². The van der Waals surface area contributed by atoms with E-state index in [0.29, 0.717) is 16.9 Å². The molecular weight excluding hydrogens is 514 g/mol. The normalized spacial score (nSPS) is 13.5. The van der Waals surface area contributed by atoms with Crippen molar-refractivity contribution >= 4 is 46.1 Å². The van der Waals surface area contributed by atoms with Crippen LogP contribution in [0.25, 0.3) is 10.8 Å². The second-order valence-electron chi connectivity index (χ2n) is 9.72. The van der Waals surface area contributed by atoms with Crippen molar-refractivity contribution in [2.24, 2.45) is 4.99 Å². The molecule has 200 valence electrons. The molecule has 1 aliphatic rings. The number of fused-ring (bicyclic) bond motifs is 2. The van der Waals surface area contributed by atoms with Crippen molar-refractivity contribution in [1.29, 1.82) is 0 Å². The Labute approximate surface area is 236 Å². The van der Waals surface area contributed by atoms with Gasteiger partial charge in [0.25, 0.3) is 11.8 Å². The predicted molar refractivity (Wildman–Crippen MR) is 159 cm³/mol. The molecule has 0 spiro atoms. The first-order valence-corrected chi connectivity index (χ1v) is 13.2. The first-order chi connectivity index (χ1) is 20.0. The Morgan fingerprint density at radius 2 is 1.41 bits per heavy atom. The molecular formula is C34H25N3O4. The van der Waals surface area contributed by atoms with Gasteiger partial charge in [-0.3, -0.25) is 24.3 Å². The van der Waals surface area contributed by atoms with Gasteiger partial charge in [-0.25, -0.2) is 0 Å². The molecule has 5 aromatic rings. The number of phenols is 1. The third kappa shape index (κ3) is 4.96. The smallest absolute Gasteiger partial charge is 0.262 e. The lowest BCUT2D eigenvalue weighted by atomic mass is 10.0. The van der Waals surface area contributed by atoms with Crippen LogP contribution >= 0.6 is 0 Å². The summed E-state index contributed by atoms with van der Waals surface area (Å²) < 4.78 is 0. The SMILES string of the molecule is O=C(Nc1ccccc1N=Cc1c(O)ccc2ccccc12)[C@@H](Cc1ccccc1)N1C(=O)c2ccccc2C1=O. The molecule has 1 atom stereocenters. The summed E-state index contributed by atoms with van der Waals surface area (Å²) in [4.78, 5) is 46.2. The average molecular weight is 540 g/mol. The Hall–Kier alpha value is -5.56. The monoisotopic (exact) mass is 539 g/mol. The summed E-state index contributed by atoms with van der Waals surface area (Å²) in [5.74, 6) is -1.43. The highest BCUT2D eigenvalue weighted by Gasteiger charge is 2.42. The van der Waals surface area contributed by atoms with Crippen LogP contribution in [0.5, 0.6) is 5.75 Å². The predicted octanol–water partition coefficient (Wildman–Crippen LogP) is 6.14. The van der Waals surface area contributed by atoms with Crippen LogP contribution in [-0.2, 0) is 11.2 Å². The van der Waals surface area contributed by atoms with Gasteiger partial charge in [0, 0.05) is 18.2 Å². The number of benzene rings is 5. The number of aliphatic imine (C=N–C) groups is 1. The number of hydrogen-bond donors (Lipinski definition) is 2. The van der Waals surface area contributed by atoms with E-state index in [4.69, 9.17) is 0 Å². The van der Waals surface area contributed by atoms with E-state index in [1.54, 1.807) is 60.8 Å². The van der Waals surface area contributed by atoms with Crippen molar-refractivity contribution < 1.29 is 19.5 Å². The fourth-order valence-corrected chi connectivity index (χ4v) is 5.09. The molecule has 0 saturated carbocycles. The van der Waals surface area contributed by atoms with Gasteiger partial charge < -0.3 is 10.4 Å². The molecule has 7 nitrogen and oxygen atoms in total. The van der Waals surface area contributed by atoms with Crippen LogP contribution in [0.4, 0.5) is 11.4 Å². The number of phenolic OH excluding ortho intramolecular Hbond substituents is 1.